The third-order valence-electron chi connectivity index (χ3n) is 13.3. The Morgan fingerprint density at radius 1 is 1.03 bits per heavy atom. The number of fused-ring (bicyclic) bond motifs is 6. The van der Waals surface area contributed by atoms with Gasteiger partial charge in [0.1, 0.15) is 29.7 Å². The quantitative estimate of drug-likeness (QED) is 0.0792. The number of phenolic OH excluding ortho intramolecular Hbond substituents is 1. The molecule has 4 N–H and O–H groups in total. The second kappa shape index (κ2) is 21.6. The zero-order chi connectivity index (χ0) is 51.5. The lowest BCUT2D eigenvalue weighted by Gasteiger charge is -2.36. The molecule has 5 aromatic rings. The second-order valence-electron chi connectivity index (χ2n) is 20.6. The van der Waals surface area contributed by atoms with Crippen LogP contribution in [0.1, 0.15) is 94.7 Å². The van der Waals surface area contributed by atoms with Crippen molar-refractivity contribution in [3.05, 3.63) is 95.7 Å². The fourth-order valence-corrected chi connectivity index (χ4v) is 9.82. The number of phenols is 1. The number of carbonyl (C=O) groups is 5. The van der Waals surface area contributed by atoms with E-state index in [9.17, 15) is 29.1 Å². The van der Waals surface area contributed by atoms with Crippen molar-refractivity contribution in [2.75, 3.05) is 46.2 Å². The number of ether oxygens (including phenoxy) is 1. The smallest absolute Gasteiger partial charge is 0.324 e. The minimum atomic E-state index is -1.21. The van der Waals surface area contributed by atoms with Crippen LogP contribution in [0.3, 0.4) is 0 Å². The van der Waals surface area contributed by atoms with E-state index >= 15 is 0 Å². The summed E-state index contributed by atoms with van der Waals surface area (Å²) in [6.07, 6.45) is 7.78. The molecule has 7 rings (SSSR count). The molecule has 6 bridgehead atoms. The summed E-state index contributed by atoms with van der Waals surface area (Å²) in [6, 6.07) is 12.5. The van der Waals surface area contributed by atoms with E-state index in [1.807, 2.05) is 43.4 Å². The number of hydrogen-bond donors (Lipinski definition) is 4. The molecular weight excluding hydrogens is 901 g/mol. The van der Waals surface area contributed by atoms with Crippen LogP contribution >= 0.6 is 0 Å². The first-order valence-corrected chi connectivity index (χ1v) is 24.6. The Hall–Kier alpha value is -6.85. The van der Waals surface area contributed by atoms with Crippen molar-refractivity contribution in [1.82, 2.24) is 44.7 Å². The summed E-state index contributed by atoms with van der Waals surface area (Å²) in [5, 5.41) is 19.5. The van der Waals surface area contributed by atoms with Gasteiger partial charge in [-0.25, -0.2) is 10.4 Å². The standard InChI is InChI=1S/C54H70N10O7/c1-12-63-43-20-19-35-28-39(43)40(48(63)38-16-13-21-55-46(38)32(2)3)29-54(6,7)31-71-53(70)41-17-14-23-64(59-41)51(68)42(26-34-24-36(35)27-37(65)25-34)57-50(67)47(33(4)5)62(11)52(69)49-56-30-44(61(49)10)58-45(66)18-15-22-60(8)9/h13,15-16,18-21,24-25,27-28,30,32-33,41-42,47,59,65H,12,14,17,22-23,26,29,31H2,1-11H3,(H,57,67)(H,58,66)/b18-15+/t41-,42-,47-/m0/s1. The summed E-state index contributed by atoms with van der Waals surface area (Å²) >= 11 is 0. The molecule has 3 atom stereocenters. The SMILES string of the molecule is CCn1c(-c2cccnc2C(C)C)c2c3cc(ccc31)-c1cc(O)cc(c1)C[C@H](NC(=O)[C@H](C(C)C)N(C)C(=O)c1ncc(NC(=O)/C=C/CN(C)C)n1C)C(=O)N1CCC[C@H](N1)C(=O)OCC(C)(C)C2. The van der Waals surface area contributed by atoms with Gasteiger partial charge in [0.2, 0.25) is 17.6 Å². The zero-order valence-corrected chi connectivity index (χ0v) is 43.0. The molecule has 71 heavy (non-hydrogen) atoms. The predicted octanol–water partition coefficient (Wildman–Crippen LogP) is 6.45. The number of benzene rings is 2. The molecular formula is C54H70N10O7. The summed E-state index contributed by atoms with van der Waals surface area (Å²) in [5.41, 5.74) is 9.93. The molecule has 5 heterocycles. The number of pyridine rings is 1. The number of hydrogen-bond acceptors (Lipinski definition) is 11. The molecule has 1 saturated heterocycles. The number of hydrazine groups is 1. The lowest BCUT2D eigenvalue weighted by molar-refractivity contribution is -0.155. The largest absolute Gasteiger partial charge is 0.508 e. The number of carbonyl (C=O) groups excluding carboxylic acids is 5. The Bertz CT molecular complexity index is 2840. The molecule has 0 spiro atoms. The second-order valence-corrected chi connectivity index (χ2v) is 20.6. The van der Waals surface area contributed by atoms with E-state index in [-0.39, 0.29) is 42.9 Å². The van der Waals surface area contributed by atoms with Crippen molar-refractivity contribution in [1.29, 1.82) is 0 Å². The highest BCUT2D eigenvalue weighted by Gasteiger charge is 2.38. The Morgan fingerprint density at radius 3 is 2.49 bits per heavy atom. The first-order valence-electron chi connectivity index (χ1n) is 24.6. The molecule has 0 radical (unpaired) electrons. The molecule has 0 unspecified atom stereocenters. The number of aryl methyl sites for hydroxylation is 1. The first kappa shape index (κ1) is 52.0. The Kier molecular flexibility index (Phi) is 15.9. The fraction of sp³-hybridized carbons (Fsp3) is 0.463. The van der Waals surface area contributed by atoms with Gasteiger partial charge in [0.25, 0.3) is 11.8 Å². The minimum absolute atomic E-state index is 0.0119. The van der Waals surface area contributed by atoms with Crippen LogP contribution in [0.25, 0.3) is 33.3 Å². The van der Waals surface area contributed by atoms with Gasteiger partial charge in [0, 0.05) is 74.3 Å². The third-order valence-corrected chi connectivity index (χ3v) is 13.3. The third kappa shape index (κ3) is 11.5. The highest BCUT2D eigenvalue weighted by Crippen LogP contribution is 2.42. The highest BCUT2D eigenvalue weighted by atomic mass is 16.5. The first-order chi connectivity index (χ1) is 33.7. The van der Waals surface area contributed by atoms with Crippen LogP contribution in [0.2, 0.25) is 0 Å². The predicted molar refractivity (Wildman–Crippen MR) is 274 cm³/mol. The summed E-state index contributed by atoms with van der Waals surface area (Å²) in [5.74, 6) is -2.57. The number of nitrogens with zero attached hydrogens (tertiary/aromatic N) is 7. The number of esters is 1. The Balaban J connectivity index is 1.27. The van der Waals surface area contributed by atoms with Gasteiger partial charge >= 0.3 is 5.97 Å². The number of likely N-dealkylation sites (N-methyl/N-ethyl adjacent to an activating group) is 2. The van der Waals surface area contributed by atoms with Gasteiger partial charge < -0.3 is 39.4 Å². The van der Waals surface area contributed by atoms with Crippen molar-refractivity contribution in [3.63, 3.8) is 0 Å². The van der Waals surface area contributed by atoms with Gasteiger partial charge in [-0.2, -0.15) is 0 Å². The maximum Gasteiger partial charge on any atom is 0.324 e. The highest BCUT2D eigenvalue weighted by molar-refractivity contribution is 6.01. The summed E-state index contributed by atoms with van der Waals surface area (Å²) in [6.45, 7) is 15.8. The normalized spacial score (nSPS) is 18.0. The maximum absolute atomic E-state index is 14.8. The number of aromatic nitrogens is 4. The average molecular weight is 971 g/mol. The number of anilines is 1. The molecule has 4 amide bonds. The van der Waals surface area contributed by atoms with Crippen LogP contribution in [-0.4, -0.2) is 128 Å². The fourth-order valence-electron chi connectivity index (χ4n) is 9.82. The monoisotopic (exact) mass is 971 g/mol. The van der Waals surface area contributed by atoms with E-state index in [4.69, 9.17) is 9.72 Å². The molecule has 2 aromatic carbocycles. The van der Waals surface area contributed by atoms with E-state index < -0.39 is 59.1 Å². The lowest BCUT2D eigenvalue weighted by atomic mass is 9.83. The maximum atomic E-state index is 14.8. The lowest BCUT2D eigenvalue weighted by Crippen LogP contribution is -2.62. The van der Waals surface area contributed by atoms with Crippen LogP contribution in [0.5, 0.6) is 5.75 Å². The van der Waals surface area contributed by atoms with Crippen LogP contribution in [0, 0.1) is 11.3 Å². The molecule has 0 saturated carbocycles. The van der Waals surface area contributed by atoms with E-state index in [0.29, 0.717) is 43.5 Å². The molecule has 17 heteroatoms. The van der Waals surface area contributed by atoms with Crippen LogP contribution in [0.15, 0.2) is 73.1 Å². The van der Waals surface area contributed by atoms with Crippen molar-refractivity contribution in [2.24, 2.45) is 18.4 Å². The number of imidazole rings is 1. The zero-order valence-electron chi connectivity index (χ0n) is 43.0. The molecule has 2 aliphatic rings. The number of rotatable bonds is 12. The van der Waals surface area contributed by atoms with E-state index in [1.54, 1.807) is 39.1 Å². The average Bonchev–Trinajstić information content (AvgIpc) is 3.83. The molecule has 2 aliphatic heterocycles. The molecule has 1 fully saturated rings. The van der Waals surface area contributed by atoms with E-state index in [2.05, 4.69) is 78.4 Å². The van der Waals surface area contributed by atoms with E-state index in [1.165, 1.54) is 33.8 Å². The number of cyclic esters (lactones) is 1. The Labute approximate surface area is 416 Å². The number of nitrogens with one attached hydrogen (secondary N) is 3. The van der Waals surface area contributed by atoms with Crippen LogP contribution < -0.4 is 16.1 Å². The summed E-state index contributed by atoms with van der Waals surface area (Å²) in [4.78, 5) is 82.6. The van der Waals surface area contributed by atoms with Crippen molar-refractivity contribution >= 4 is 46.3 Å². The molecule has 0 aliphatic carbocycles. The molecule has 17 nitrogen and oxygen atoms in total. The van der Waals surface area contributed by atoms with Crippen molar-refractivity contribution in [2.45, 2.75) is 105 Å². The van der Waals surface area contributed by atoms with Gasteiger partial charge in [-0.3, -0.25) is 34.0 Å². The van der Waals surface area contributed by atoms with Crippen molar-refractivity contribution in [3.8, 4) is 28.1 Å². The topological polar surface area (TPSA) is 196 Å². The van der Waals surface area contributed by atoms with Crippen molar-refractivity contribution < 1.29 is 33.8 Å². The van der Waals surface area contributed by atoms with Gasteiger partial charge in [0.05, 0.1) is 24.2 Å². The van der Waals surface area contributed by atoms with Gasteiger partial charge in [-0.05, 0) is 111 Å². The summed E-state index contributed by atoms with van der Waals surface area (Å²) < 4.78 is 9.90. The number of amides is 4. The van der Waals surface area contributed by atoms with Gasteiger partial charge in [-0.1, -0.05) is 59.8 Å². The Morgan fingerprint density at radius 2 is 1.79 bits per heavy atom. The molecule has 3 aromatic heterocycles. The van der Waals surface area contributed by atoms with Crippen LogP contribution in [0.4, 0.5) is 5.82 Å². The van der Waals surface area contributed by atoms with Gasteiger partial charge in [0.15, 0.2) is 0 Å². The van der Waals surface area contributed by atoms with Crippen LogP contribution in [-0.2, 0) is 50.3 Å². The number of aromatic hydroxyl groups is 1. The minimum Gasteiger partial charge on any atom is -0.508 e. The van der Waals surface area contributed by atoms with E-state index in [0.717, 1.165) is 39.0 Å². The molecule has 378 valence electrons. The summed E-state index contributed by atoms with van der Waals surface area (Å²) in [7, 11) is 6.87. The van der Waals surface area contributed by atoms with Gasteiger partial charge in [-0.15, -0.1) is 0 Å².